The average Bonchev–Trinajstić information content (AvgIpc) is 3.54. The van der Waals surface area contributed by atoms with E-state index in [1.54, 1.807) is 0 Å². The summed E-state index contributed by atoms with van der Waals surface area (Å²) in [5.41, 5.74) is 8.37. The normalized spacial score (nSPS) is 13.8. The highest BCUT2D eigenvalue weighted by Crippen LogP contribution is 2.35. The molecule has 1 saturated carbocycles. The number of benzene rings is 2. The van der Waals surface area contributed by atoms with Crippen molar-refractivity contribution in [3.8, 4) is 0 Å². The van der Waals surface area contributed by atoms with E-state index in [0.717, 1.165) is 19.3 Å². The lowest BCUT2D eigenvalue weighted by molar-refractivity contribution is 0.0943. The molecule has 0 saturated heterocycles. The van der Waals surface area contributed by atoms with Gasteiger partial charge >= 0.3 is 0 Å². The number of aryl methyl sites for hydroxylation is 2. The molecule has 4 nitrogen and oxygen atoms in total. The summed E-state index contributed by atoms with van der Waals surface area (Å²) in [5.74, 6) is -0.0785. The average molecular weight is 442 g/mol. The van der Waals surface area contributed by atoms with E-state index in [1.807, 2.05) is 24.3 Å². The van der Waals surface area contributed by atoms with Gasteiger partial charge in [0.1, 0.15) is 5.84 Å². The van der Waals surface area contributed by atoms with Crippen molar-refractivity contribution in [2.75, 3.05) is 0 Å². The molecule has 0 unspecified atom stereocenters. The Balaban J connectivity index is 0.00000341. The largest absolute Gasteiger partial charge is 0.386 e. The lowest BCUT2D eigenvalue weighted by Gasteiger charge is -2.15. The van der Waals surface area contributed by atoms with Crippen LogP contribution in [0.15, 0.2) is 54.6 Å². The Kier molecular flexibility index (Phi) is 10.1. The number of nitrogens with two attached hydrogens (primary N) is 1. The number of halogens is 1. The Labute approximate surface area is 192 Å². The molecule has 3 rings (SSSR count). The van der Waals surface area contributed by atoms with Gasteiger partial charge in [-0.05, 0) is 61.8 Å². The number of hydrogen-bond acceptors (Lipinski definition) is 2. The molecule has 0 aromatic heterocycles. The van der Waals surface area contributed by atoms with E-state index >= 15 is 0 Å². The highest BCUT2D eigenvalue weighted by molar-refractivity contribution is 6.01. The predicted molar refractivity (Wildman–Crippen MR) is 131 cm³/mol. The molecule has 5 heteroatoms. The van der Waals surface area contributed by atoms with Crippen molar-refractivity contribution in [2.45, 2.75) is 76.2 Å². The smallest absolute Gasteiger partial charge is 0.252 e. The second kappa shape index (κ2) is 12.5. The molecule has 0 aliphatic heterocycles. The third kappa shape index (κ3) is 8.02. The van der Waals surface area contributed by atoms with Gasteiger partial charge in [0, 0.05) is 5.56 Å². The van der Waals surface area contributed by atoms with E-state index in [9.17, 15) is 4.79 Å². The van der Waals surface area contributed by atoms with Crippen molar-refractivity contribution in [3.63, 3.8) is 0 Å². The van der Waals surface area contributed by atoms with Gasteiger partial charge in [0.05, 0.1) is 5.54 Å². The molecule has 4 N–H and O–H groups in total. The Bertz CT molecular complexity index is 816. The summed E-state index contributed by atoms with van der Waals surface area (Å²) < 4.78 is 0. The van der Waals surface area contributed by atoms with Crippen LogP contribution in [0.2, 0.25) is 0 Å². The summed E-state index contributed by atoms with van der Waals surface area (Å²) in [5, 5.41) is 10.5. The van der Waals surface area contributed by atoms with Crippen molar-refractivity contribution >= 4 is 24.1 Å². The van der Waals surface area contributed by atoms with Crippen LogP contribution < -0.4 is 11.1 Å². The molecule has 1 aliphatic rings. The first kappa shape index (κ1) is 24.9. The van der Waals surface area contributed by atoms with Gasteiger partial charge in [0.15, 0.2) is 0 Å². The Morgan fingerprint density at radius 1 is 0.806 bits per heavy atom. The summed E-state index contributed by atoms with van der Waals surface area (Å²) in [6, 6.07) is 18.6. The molecule has 0 spiro atoms. The van der Waals surface area contributed by atoms with Crippen LogP contribution in [0, 0.1) is 5.41 Å². The van der Waals surface area contributed by atoms with E-state index in [0.29, 0.717) is 5.56 Å². The van der Waals surface area contributed by atoms with Crippen LogP contribution in [0.3, 0.4) is 0 Å². The van der Waals surface area contributed by atoms with E-state index in [-0.39, 0.29) is 24.1 Å². The molecule has 0 heterocycles. The number of amidine groups is 1. The molecular weight excluding hydrogens is 406 g/mol. The van der Waals surface area contributed by atoms with E-state index in [4.69, 9.17) is 11.1 Å². The van der Waals surface area contributed by atoms with Gasteiger partial charge < -0.3 is 11.1 Å². The summed E-state index contributed by atoms with van der Waals surface area (Å²) in [4.78, 5) is 12.3. The number of nitrogens with one attached hydrogen (secondary N) is 2. The van der Waals surface area contributed by atoms with Crippen LogP contribution in [0.5, 0.6) is 0 Å². The third-order valence-electron chi connectivity index (χ3n) is 6.11. The number of amides is 1. The minimum Gasteiger partial charge on any atom is -0.386 e. The molecule has 1 fully saturated rings. The minimum atomic E-state index is -0.586. The number of hydrogen-bond donors (Lipinski definition) is 3. The Hall–Kier alpha value is -2.33. The van der Waals surface area contributed by atoms with Gasteiger partial charge in [-0.25, -0.2) is 0 Å². The van der Waals surface area contributed by atoms with Crippen molar-refractivity contribution in [2.24, 2.45) is 5.73 Å². The Morgan fingerprint density at radius 2 is 1.29 bits per heavy atom. The zero-order valence-corrected chi connectivity index (χ0v) is 19.2. The maximum Gasteiger partial charge on any atom is 0.252 e. The maximum absolute atomic E-state index is 12.3. The summed E-state index contributed by atoms with van der Waals surface area (Å²) in [7, 11) is 0. The summed E-state index contributed by atoms with van der Waals surface area (Å²) in [6.45, 7) is 0. The second-order valence-corrected chi connectivity index (χ2v) is 8.61. The van der Waals surface area contributed by atoms with Crippen molar-refractivity contribution in [1.82, 2.24) is 5.32 Å². The topological polar surface area (TPSA) is 79.0 Å². The third-order valence-corrected chi connectivity index (χ3v) is 6.11. The minimum absolute atomic E-state index is 0. The summed E-state index contributed by atoms with van der Waals surface area (Å²) >= 11 is 0. The lowest BCUT2D eigenvalue weighted by atomic mass is 10.0. The molecule has 0 radical (unpaired) electrons. The van der Waals surface area contributed by atoms with Crippen LogP contribution >= 0.6 is 12.4 Å². The molecule has 1 amide bonds. The van der Waals surface area contributed by atoms with E-state index < -0.39 is 5.54 Å². The molecule has 0 atom stereocenters. The van der Waals surface area contributed by atoms with E-state index in [1.165, 1.54) is 62.5 Å². The molecule has 31 heavy (non-hydrogen) atoms. The van der Waals surface area contributed by atoms with E-state index in [2.05, 4.69) is 35.6 Å². The number of unbranched alkanes of at least 4 members (excludes halogenated alkanes) is 6. The van der Waals surface area contributed by atoms with Crippen molar-refractivity contribution < 1.29 is 4.79 Å². The quantitative estimate of drug-likeness (QED) is 0.208. The molecule has 168 valence electrons. The van der Waals surface area contributed by atoms with Gasteiger partial charge in [-0.1, -0.05) is 74.6 Å². The first-order valence-corrected chi connectivity index (χ1v) is 11.4. The highest BCUT2D eigenvalue weighted by Gasteiger charge is 2.47. The highest BCUT2D eigenvalue weighted by atomic mass is 35.5. The van der Waals surface area contributed by atoms with Gasteiger partial charge in [0.2, 0.25) is 0 Å². The number of carbonyl (C=O) groups is 1. The predicted octanol–water partition coefficient (Wildman–Crippen LogP) is 5.82. The van der Waals surface area contributed by atoms with Gasteiger partial charge in [-0.2, -0.15) is 0 Å². The van der Waals surface area contributed by atoms with Crippen molar-refractivity contribution in [1.29, 1.82) is 5.41 Å². The fourth-order valence-corrected chi connectivity index (χ4v) is 3.89. The van der Waals surface area contributed by atoms with Crippen LogP contribution in [-0.4, -0.2) is 17.3 Å². The zero-order chi connectivity index (χ0) is 21.2. The fourth-order valence-electron chi connectivity index (χ4n) is 3.89. The standard InChI is InChI=1S/C26H35N3O.ClH/c27-25(28)26(19-20-26)29-24(30)23-17-15-22(16-18-23)14-8-5-3-1-2-4-7-11-21-12-9-6-10-13-21;/h6,9-10,12-13,15-18H,1-5,7-8,11,14,19-20H2,(H3,27,28)(H,29,30);1H. The van der Waals surface area contributed by atoms with Crippen LogP contribution in [0.25, 0.3) is 0 Å². The molecule has 1 aliphatic carbocycles. The van der Waals surface area contributed by atoms with Gasteiger partial charge in [-0.15, -0.1) is 12.4 Å². The van der Waals surface area contributed by atoms with Crippen LogP contribution in [-0.2, 0) is 12.8 Å². The fraction of sp³-hybridized carbons (Fsp3) is 0.462. The first-order valence-electron chi connectivity index (χ1n) is 11.4. The molecule has 2 aromatic rings. The number of carbonyl (C=O) groups excluding carboxylic acids is 1. The maximum atomic E-state index is 12.3. The molecular formula is C26H36ClN3O. The lowest BCUT2D eigenvalue weighted by Crippen LogP contribution is -2.46. The van der Waals surface area contributed by atoms with Gasteiger partial charge in [0.25, 0.3) is 5.91 Å². The molecule has 2 aromatic carbocycles. The van der Waals surface area contributed by atoms with Crippen LogP contribution in [0.1, 0.15) is 79.3 Å². The second-order valence-electron chi connectivity index (χ2n) is 8.61. The zero-order valence-electron chi connectivity index (χ0n) is 18.4. The first-order chi connectivity index (χ1) is 14.6. The van der Waals surface area contributed by atoms with Crippen LogP contribution in [0.4, 0.5) is 0 Å². The molecule has 0 bridgehead atoms. The summed E-state index contributed by atoms with van der Waals surface area (Å²) in [6.07, 6.45) is 12.8. The van der Waals surface area contributed by atoms with Gasteiger partial charge in [-0.3, -0.25) is 10.2 Å². The monoisotopic (exact) mass is 441 g/mol. The Morgan fingerprint density at radius 3 is 1.77 bits per heavy atom. The SMILES string of the molecule is Cl.N=C(N)C1(NC(=O)c2ccc(CCCCCCCCCc3ccccc3)cc2)CC1. The number of rotatable bonds is 13. The van der Waals surface area contributed by atoms with Crippen molar-refractivity contribution in [3.05, 3.63) is 71.3 Å².